The molecule has 0 fully saturated rings. The first-order valence-electron chi connectivity index (χ1n) is 7.14. The van der Waals surface area contributed by atoms with Gasteiger partial charge in [0.25, 0.3) is 5.69 Å². The first-order chi connectivity index (χ1) is 11.8. The Labute approximate surface area is 148 Å². The fourth-order valence-corrected chi connectivity index (χ4v) is 3.49. The lowest BCUT2D eigenvalue weighted by molar-refractivity contribution is -0.385. The Hall–Kier alpha value is -2.49. The summed E-state index contributed by atoms with van der Waals surface area (Å²) in [4.78, 5) is 14.5. The monoisotopic (exact) mass is 380 g/mol. The van der Waals surface area contributed by atoms with E-state index in [9.17, 15) is 18.5 Å². The van der Waals surface area contributed by atoms with Crippen molar-refractivity contribution in [3.05, 3.63) is 69.1 Å². The Morgan fingerprint density at radius 2 is 2.04 bits per heavy atom. The zero-order chi connectivity index (χ0) is 18.2. The number of halogens is 1. The third-order valence-corrected chi connectivity index (χ3v) is 5.22. The molecule has 2 aromatic heterocycles. The summed E-state index contributed by atoms with van der Waals surface area (Å²) >= 11 is 5.90. The van der Waals surface area contributed by atoms with Gasteiger partial charge in [0, 0.05) is 24.0 Å². The van der Waals surface area contributed by atoms with Crippen molar-refractivity contribution in [3.8, 4) is 0 Å². The Morgan fingerprint density at radius 1 is 1.28 bits per heavy atom. The van der Waals surface area contributed by atoms with Crippen LogP contribution in [0, 0.1) is 17.0 Å². The van der Waals surface area contributed by atoms with E-state index in [1.165, 1.54) is 12.1 Å². The Morgan fingerprint density at radius 3 is 2.76 bits per heavy atom. The van der Waals surface area contributed by atoms with Gasteiger partial charge in [0.2, 0.25) is 10.0 Å². The minimum atomic E-state index is -3.91. The lowest BCUT2D eigenvalue weighted by atomic mass is 10.2. The van der Waals surface area contributed by atoms with E-state index in [1.54, 1.807) is 35.9 Å². The maximum Gasteiger partial charge on any atom is 0.273 e. The van der Waals surface area contributed by atoms with Gasteiger partial charge in [0.15, 0.2) is 0 Å². The van der Waals surface area contributed by atoms with Crippen LogP contribution in [0.1, 0.15) is 11.3 Å². The molecule has 2 heterocycles. The molecule has 0 aliphatic rings. The van der Waals surface area contributed by atoms with Gasteiger partial charge in [0.05, 0.1) is 27.1 Å². The van der Waals surface area contributed by atoms with Gasteiger partial charge in [-0.1, -0.05) is 17.7 Å². The standard InChI is InChI=1S/C15H13ClN4O4S/c1-10-2-4-13(6-14(10)20(21)22)25(23,24)17-7-12-9-19-8-11(16)3-5-15(19)18-12/h2-6,8-9,17H,7H2,1H3. The van der Waals surface area contributed by atoms with Crippen molar-refractivity contribution in [1.82, 2.24) is 14.1 Å². The molecule has 3 aromatic rings. The molecule has 25 heavy (non-hydrogen) atoms. The van der Waals surface area contributed by atoms with Crippen LogP contribution in [0.25, 0.3) is 5.65 Å². The highest BCUT2D eigenvalue weighted by Gasteiger charge is 2.20. The van der Waals surface area contributed by atoms with E-state index in [4.69, 9.17) is 11.6 Å². The van der Waals surface area contributed by atoms with E-state index in [0.29, 0.717) is 21.9 Å². The molecule has 10 heteroatoms. The van der Waals surface area contributed by atoms with Gasteiger partial charge >= 0.3 is 0 Å². The van der Waals surface area contributed by atoms with Crippen LogP contribution >= 0.6 is 11.6 Å². The number of pyridine rings is 1. The van der Waals surface area contributed by atoms with Gasteiger partial charge in [-0.15, -0.1) is 0 Å². The Bertz CT molecular complexity index is 1080. The number of hydrogen-bond acceptors (Lipinski definition) is 5. The molecule has 0 bridgehead atoms. The number of rotatable bonds is 5. The number of hydrogen-bond donors (Lipinski definition) is 1. The predicted octanol–water partition coefficient (Wildman–Crippen LogP) is 2.68. The molecule has 0 radical (unpaired) electrons. The molecule has 8 nitrogen and oxygen atoms in total. The van der Waals surface area contributed by atoms with Gasteiger partial charge in [-0.3, -0.25) is 10.1 Å². The van der Waals surface area contributed by atoms with Gasteiger partial charge in [-0.05, 0) is 25.1 Å². The van der Waals surface area contributed by atoms with Crippen molar-refractivity contribution >= 4 is 33.0 Å². The van der Waals surface area contributed by atoms with Crippen molar-refractivity contribution in [2.24, 2.45) is 0 Å². The number of nitro groups is 1. The smallest absolute Gasteiger partial charge is 0.273 e. The normalized spacial score (nSPS) is 11.8. The Kier molecular flexibility index (Phi) is 4.46. The molecule has 0 saturated carbocycles. The fourth-order valence-electron chi connectivity index (χ4n) is 2.31. The summed E-state index contributed by atoms with van der Waals surface area (Å²) in [5.74, 6) is 0. The van der Waals surface area contributed by atoms with Crippen molar-refractivity contribution < 1.29 is 13.3 Å². The molecule has 0 saturated heterocycles. The number of nitrogens with one attached hydrogen (secondary N) is 1. The summed E-state index contributed by atoms with van der Waals surface area (Å²) in [5, 5.41) is 11.5. The van der Waals surface area contributed by atoms with Crippen LogP contribution in [0.3, 0.4) is 0 Å². The molecular formula is C15H13ClN4O4S. The fraction of sp³-hybridized carbons (Fsp3) is 0.133. The van der Waals surface area contributed by atoms with E-state index < -0.39 is 14.9 Å². The predicted molar refractivity (Wildman–Crippen MR) is 92.1 cm³/mol. The SMILES string of the molecule is Cc1ccc(S(=O)(=O)NCc2cn3cc(Cl)ccc3n2)cc1[N+](=O)[O-]. The molecule has 1 N–H and O–H groups in total. The second kappa shape index (κ2) is 6.43. The van der Waals surface area contributed by atoms with Crippen molar-refractivity contribution in [1.29, 1.82) is 0 Å². The van der Waals surface area contributed by atoms with Gasteiger partial charge in [-0.25, -0.2) is 18.1 Å². The average Bonchev–Trinajstić information content (AvgIpc) is 2.95. The van der Waals surface area contributed by atoms with E-state index in [-0.39, 0.29) is 17.1 Å². The maximum atomic E-state index is 12.4. The van der Waals surface area contributed by atoms with Gasteiger partial charge < -0.3 is 4.40 Å². The first-order valence-corrected chi connectivity index (χ1v) is 9.00. The number of nitrogens with zero attached hydrogens (tertiary/aromatic N) is 3. The topological polar surface area (TPSA) is 107 Å². The van der Waals surface area contributed by atoms with Crippen molar-refractivity contribution in [3.63, 3.8) is 0 Å². The number of aromatic nitrogens is 2. The molecule has 130 valence electrons. The number of sulfonamides is 1. The van der Waals surface area contributed by atoms with E-state index in [2.05, 4.69) is 9.71 Å². The third kappa shape index (κ3) is 3.63. The first kappa shape index (κ1) is 17.3. The largest absolute Gasteiger partial charge is 0.305 e. The number of benzene rings is 1. The van der Waals surface area contributed by atoms with Crippen LogP contribution in [0.4, 0.5) is 5.69 Å². The van der Waals surface area contributed by atoms with Crippen LogP contribution in [0.5, 0.6) is 0 Å². The molecule has 0 aliphatic carbocycles. The number of imidazole rings is 1. The van der Waals surface area contributed by atoms with E-state index in [1.807, 2.05) is 0 Å². The van der Waals surface area contributed by atoms with Crippen LogP contribution in [-0.4, -0.2) is 22.7 Å². The zero-order valence-electron chi connectivity index (χ0n) is 13.0. The molecule has 0 atom stereocenters. The lowest BCUT2D eigenvalue weighted by Gasteiger charge is -2.06. The highest BCUT2D eigenvalue weighted by Crippen LogP contribution is 2.22. The summed E-state index contributed by atoms with van der Waals surface area (Å²) in [6.45, 7) is 1.49. The lowest BCUT2D eigenvalue weighted by Crippen LogP contribution is -2.23. The molecule has 0 amide bonds. The molecule has 3 rings (SSSR count). The molecule has 0 aliphatic heterocycles. The number of nitro benzene ring substituents is 1. The number of fused-ring (bicyclic) bond motifs is 1. The zero-order valence-corrected chi connectivity index (χ0v) is 14.6. The molecule has 1 aromatic carbocycles. The summed E-state index contributed by atoms with van der Waals surface area (Å²) < 4.78 is 28.8. The minimum absolute atomic E-state index is 0.0523. The molecule has 0 spiro atoms. The van der Waals surface area contributed by atoms with Crippen LogP contribution in [-0.2, 0) is 16.6 Å². The summed E-state index contributed by atoms with van der Waals surface area (Å²) in [5.41, 5.74) is 1.27. The van der Waals surface area contributed by atoms with E-state index >= 15 is 0 Å². The van der Waals surface area contributed by atoms with Crippen LogP contribution in [0.15, 0.2) is 47.6 Å². The Balaban J connectivity index is 1.83. The summed E-state index contributed by atoms with van der Waals surface area (Å²) in [7, 11) is -3.91. The minimum Gasteiger partial charge on any atom is -0.305 e. The summed E-state index contributed by atoms with van der Waals surface area (Å²) in [6, 6.07) is 7.17. The highest BCUT2D eigenvalue weighted by atomic mass is 35.5. The van der Waals surface area contributed by atoms with Gasteiger partial charge in [0.1, 0.15) is 5.65 Å². The van der Waals surface area contributed by atoms with Gasteiger partial charge in [-0.2, -0.15) is 0 Å². The third-order valence-electron chi connectivity index (χ3n) is 3.60. The molecular weight excluding hydrogens is 368 g/mol. The van der Waals surface area contributed by atoms with Crippen molar-refractivity contribution in [2.75, 3.05) is 0 Å². The molecule has 0 unspecified atom stereocenters. The van der Waals surface area contributed by atoms with E-state index in [0.717, 1.165) is 6.07 Å². The number of aryl methyl sites for hydroxylation is 1. The average molecular weight is 381 g/mol. The van der Waals surface area contributed by atoms with Crippen LogP contribution in [0.2, 0.25) is 5.02 Å². The van der Waals surface area contributed by atoms with Crippen molar-refractivity contribution in [2.45, 2.75) is 18.4 Å². The second-order valence-corrected chi connectivity index (χ2v) is 7.58. The maximum absolute atomic E-state index is 12.4. The second-order valence-electron chi connectivity index (χ2n) is 5.37. The van der Waals surface area contributed by atoms with Crippen LogP contribution < -0.4 is 4.72 Å². The highest BCUT2D eigenvalue weighted by molar-refractivity contribution is 7.89. The summed E-state index contributed by atoms with van der Waals surface area (Å²) in [6.07, 6.45) is 3.31. The quantitative estimate of drug-likeness (QED) is 0.541.